The average molecular weight is 244 g/mol. The summed E-state index contributed by atoms with van der Waals surface area (Å²) in [5.41, 5.74) is 2.33. The van der Waals surface area contributed by atoms with E-state index in [9.17, 15) is 4.79 Å². The van der Waals surface area contributed by atoms with E-state index in [1.54, 1.807) is 0 Å². The van der Waals surface area contributed by atoms with Gasteiger partial charge in [-0.3, -0.25) is 9.78 Å². The maximum atomic E-state index is 12.6. The molecule has 0 radical (unpaired) electrons. The summed E-state index contributed by atoms with van der Waals surface area (Å²) in [6.45, 7) is 4.08. The molecule has 1 aliphatic carbocycles. The van der Waals surface area contributed by atoms with Crippen LogP contribution in [0.2, 0.25) is 0 Å². The van der Waals surface area contributed by atoms with Gasteiger partial charge in [0.05, 0.1) is 11.6 Å². The lowest BCUT2D eigenvalue weighted by atomic mass is 9.75. The van der Waals surface area contributed by atoms with Crippen molar-refractivity contribution >= 4 is 5.78 Å². The number of carbonyl (C=O) groups excluding carboxylic acids is 1. The van der Waals surface area contributed by atoms with Gasteiger partial charge < -0.3 is 5.32 Å². The number of pyridine rings is 1. The summed E-state index contributed by atoms with van der Waals surface area (Å²) in [6, 6.07) is 4.10. The van der Waals surface area contributed by atoms with Crippen molar-refractivity contribution < 1.29 is 4.79 Å². The van der Waals surface area contributed by atoms with E-state index < -0.39 is 0 Å². The second-order valence-electron chi connectivity index (χ2n) is 5.60. The number of ketones is 1. The van der Waals surface area contributed by atoms with E-state index in [0.717, 1.165) is 38.0 Å². The van der Waals surface area contributed by atoms with Crippen molar-refractivity contribution in [3.05, 3.63) is 29.6 Å². The molecular formula is C15H20N2O. The minimum atomic E-state index is 0.0468. The number of Topliss-reactive ketones (excluding diaryl/α,β-unsaturated/α-hetero) is 1. The molecule has 2 aliphatic rings. The van der Waals surface area contributed by atoms with E-state index in [4.69, 9.17) is 0 Å². The number of rotatable bonds is 3. The van der Waals surface area contributed by atoms with Crippen molar-refractivity contribution in [2.24, 2.45) is 11.8 Å². The fraction of sp³-hybridized carbons (Fsp3) is 0.600. The molecule has 0 saturated carbocycles. The molecule has 0 aromatic carbocycles. The average Bonchev–Trinajstić information content (AvgIpc) is 2.35. The molecule has 0 bridgehead atoms. The number of fused-ring (bicyclic) bond motifs is 1. The first-order valence-electron chi connectivity index (χ1n) is 6.95. The molecule has 3 nitrogen and oxygen atoms in total. The van der Waals surface area contributed by atoms with Crippen LogP contribution < -0.4 is 5.32 Å². The Morgan fingerprint density at radius 3 is 3.06 bits per heavy atom. The SMILES string of the molecule is CC(C(=O)C1CCCc2cccnc21)C1CNC1. The van der Waals surface area contributed by atoms with Gasteiger partial charge in [-0.2, -0.15) is 0 Å². The molecule has 18 heavy (non-hydrogen) atoms. The first-order valence-corrected chi connectivity index (χ1v) is 6.95. The highest BCUT2D eigenvalue weighted by Gasteiger charge is 2.35. The first-order chi connectivity index (χ1) is 8.77. The van der Waals surface area contributed by atoms with Crippen LogP contribution in [0.3, 0.4) is 0 Å². The Labute approximate surface area is 108 Å². The van der Waals surface area contributed by atoms with Gasteiger partial charge in [0.1, 0.15) is 5.78 Å². The van der Waals surface area contributed by atoms with Crippen LogP contribution in [-0.4, -0.2) is 23.9 Å². The van der Waals surface area contributed by atoms with E-state index in [0.29, 0.717) is 11.7 Å². The molecule has 1 aromatic rings. The van der Waals surface area contributed by atoms with Crippen LogP contribution in [0.25, 0.3) is 0 Å². The minimum absolute atomic E-state index is 0.0468. The molecule has 3 heteroatoms. The zero-order valence-electron chi connectivity index (χ0n) is 10.9. The third-order valence-electron chi connectivity index (χ3n) is 4.51. The van der Waals surface area contributed by atoms with E-state index in [1.807, 2.05) is 12.3 Å². The van der Waals surface area contributed by atoms with Crippen LogP contribution in [0.4, 0.5) is 0 Å². The molecule has 1 fully saturated rings. The van der Waals surface area contributed by atoms with Crippen LogP contribution >= 0.6 is 0 Å². The maximum absolute atomic E-state index is 12.6. The van der Waals surface area contributed by atoms with Crippen LogP contribution in [0.1, 0.15) is 36.9 Å². The third kappa shape index (κ3) is 1.97. The summed E-state index contributed by atoms with van der Waals surface area (Å²) < 4.78 is 0. The number of carbonyl (C=O) groups is 1. The highest BCUT2D eigenvalue weighted by molar-refractivity contribution is 5.88. The zero-order chi connectivity index (χ0) is 12.5. The molecule has 96 valence electrons. The van der Waals surface area contributed by atoms with Gasteiger partial charge >= 0.3 is 0 Å². The molecule has 1 N–H and O–H groups in total. The van der Waals surface area contributed by atoms with Gasteiger partial charge in [-0.15, -0.1) is 0 Å². The summed E-state index contributed by atoms with van der Waals surface area (Å²) in [4.78, 5) is 17.1. The Balaban J connectivity index is 1.82. The van der Waals surface area contributed by atoms with Crippen molar-refractivity contribution in [2.45, 2.75) is 32.1 Å². The molecule has 1 aromatic heterocycles. The number of nitrogens with one attached hydrogen (secondary N) is 1. The van der Waals surface area contributed by atoms with Crippen molar-refractivity contribution in [1.82, 2.24) is 10.3 Å². The summed E-state index contributed by atoms with van der Waals surface area (Å²) in [6.07, 6.45) is 4.99. The highest BCUT2D eigenvalue weighted by Crippen LogP contribution is 2.34. The van der Waals surface area contributed by atoms with E-state index in [2.05, 4.69) is 23.3 Å². The number of nitrogens with zero attached hydrogens (tertiary/aromatic N) is 1. The van der Waals surface area contributed by atoms with Crippen LogP contribution in [0.5, 0.6) is 0 Å². The molecule has 1 aliphatic heterocycles. The monoisotopic (exact) mass is 244 g/mol. The maximum Gasteiger partial charge on any atom is 0.145 e. The topological polar surface area (TPSA) is 42.0 Å². The zero-order valence-corrected chi connectivity index (χ0v) is 10.9. The minimum Gasteiger partial charge on any atom is -0.316 e. The van der Waals surface area contributed by atoms with Crippen LogP contribution in [0, 0.1) is 11.8 Å². The molecule has 2 atom stereocenters. The van der Waals surface area contributed by atoms with E-state index in [1.165, 1.54) is 5.56 Å². The summed E-state index contributed by atoms with van der Waals surface area (Å²) in [7, 11) is 0. The van der Waals surface area contributed by atoms with Crippen molar-refractivity contribution in [2.75, 3.05) is 13.1 Å². The van der Waals surface area contributed by atoms with Gasteiger partial charge in [-0.1, -0.05) is 13.0 Å². The number of hydrogen-bond acceptors (Lipinski definition) is 3. The Bertz CT molecular complexity index is 454. The van der Waals surface area contributed by atoms with Gasteiger partial charge in [-0.25, -0.2) is 0 Å². The van der Waals surface area contributed by atoms with Gasteiger partial charge in [-0.05, 0) is 49.9 Å². The second kappa shape index (κ2) is 4.81. The smallest absolute Gasteiger partial charge is 0.145 e. The Morgan fingerprint density at radius 2 is 2.33 bits per heavy atom. The van der Waals surface area contributed by atoms with E-state index in [-0.39, 0.29) is 11.8 Å². The number of aryl methyl sites for hydroxylation is 1. The summed E-state index contributed by atoms with van der Waals surface area (Å²) in [5, 5.41) is 3.25. The largest absolute Gasteiger partial charge is 0.316 e. The summed E-state index contributed by atoms with van der Waals surface area (Å²) in [5.74, 6) is 1.16. The lowest BCUT2D eigenvalue weighted by Gasteiger charge is -2.34. The van der Waals surface area contributed by atoms with Crippen molar-refractivity contribution in [1.29, 1.82) is 0 Å². The fourth-order valence-corrected chi connectivity index (χ4v) is 3.10. The Kier molecular flexibility index (Phi) is 3.16. The fourth-order valence-electron chi connectivity index (χ4n) is 3.10. The third-order valence-corrected chi connectivity index (χ3v) is 4.51. The van der Waals surface area contributed by atoms with Gasteiger partial charge in [0.25, 0.3) is 0 Å². The van der Waals surface area contributed by atoms with Crippen molar-refractivity contribution in [3.63, 3.8) is 0 Å². The first kappa shape index (κ1) is 11.8. The molecule has 0 amide bonds. The standard InChI is InChI=1S/C15H20N2O/c1-10(12-8-16-9-12)15(18)13-6-2-4-11-5-3-7-17-14(11)13/h3,5,7,10,12-13,16H,2,4,6,8-9H2,1H3. The predicted molar refractivity (Wildman–Crippen MR) is 70.4 cm³/mol. The predicted octanol–water partition coefficient (Wildman–Crippen LogP) is 1.93. The molecule has 0 spiro atoms. The molecule has 2 unspecified atom stereocenters. The van der Waals surface area contributed by atoms with Gasteiger partial charge in [0.15, 0.2) is 0 Å². The molecule has 3 rings (SSSR count). The second-order valence-corrected chi connectivity index (χ2v) is 5.60. The summed E-state index contributed by atoms with van der Waals surface area (Å²) >= 11 is 0. The van der Waals surface area contributed by atoms with Crippen LogP contribution in [-0.2, 0) is 11.2 Å². The lowest BCUT2D eigenvalue weighted by Crippen LogP contribution is -2.48. The number of hydrogen-bond donors (Lipinski definition) is 1. The normalized spacial score (nSPS) is 25.1. The molecule has 2 heterocycles. The Hall–Kier alpha value is -1.22. The molecular weight excluding hydrogens is 224 g/mol. The molecule has 1 saturated heterocycles. The quantitative estimate of drug-likeness (QED) is 0.883. The van der Waals surface area contributed by atoms with Crippen molar-refractivity contribution in [3.8, 4) is 0 Å². The highest BCUT2D eigenvalue weighted by atomic mass is 16.1. The van der Waals surface area contributed by atoms with Gasteiger partial charge in [0, 0.05) is 12.1 Å². The number of aromatic nitrogens is 1. The van der Waals surface area contributed by atoms with E-state index >= 15 is 0 Å². The lowest BCUT2D eigenvalue weighted by molar-refractivity contribution is -0.126. The Morgan fingerprint density at radius 1 is 1.50 bits per heavy atom. The van der Waals surface area contributed by atoms with Crippen LogP contribution in [0.15, 0.2) is 18.3 Å². The van der Waals surface area contributed by atoms with Gasteiger partial charge in [0.2, 0.25) is 0 Å².